The Bertz CT molecular complexity index is 247. The molecule has 1 rings (SSSR count). The first-order chi connectivity index (χ1) is 9.21. The average Bonchev–Trinajstić information content (AvgIpc) is 2.45. The molecule has 1 amide bonds. The van der Waals surface area contributed by atoms with Crippen molar-refractivity contribution < 1.29 is 9.53 Å². The maximum absolute atomic E-state index is 12.2. The van der Waals surface area contributed by atoms with E-state index < -0.39 is 0 Å². The smallest absolute Gasteiger partial charge is 0.222 e. The highest BCUT2D eigenvalue weighted by Gasteiger charge is 2.24. The van der Waals surface area contributed by atoms with Gasteiger partial charge < -0.3 is 15.4 Å². The number of carbonyl (C=O) groups is 1. The third kappa shape index (κ3) is 5.91. The van der Waals surface area contributed by atoms with Gasteiger partial charge in [0.05, 0.1) is 6.10 Å². The van der Waals surface area contributed by atoms with Crippen LogP contribution >= 0.6 is 0 Å². The number of rotatable bonds is 8. The summed E-state index contributed by atoms with van der Waals surface area (Å²) in [7, 11) is 0. The lowest BCUT2D eigenvalue weighted by Gasteiger charge is -2.32. The van der Waals surface area contributed by atoms with E-state index >= 15 is 0 Å². The zero-order chi connectivity index (χ0) is 14.1. The van der Waals surface area contributed by atoms with E-state index in [1.807, 2.05) is 4.90 Å². The van der Waals surface area contributed by atoms with Gasteiger partial charge in [-0.2, -0.15) is 0 Å². The molecule has 1 heterocycles. The molecule has 4 nitrogen and oxygen atoms in total. The fraction of sp³-hybridized carbons (Fsp3) is 0.933. The van der Waals surface area contributed by atoms with Crippen molar-refractivity contribution in [2.24, 2.45) is 11.7 Å². The zero-order valence-electron chi connectivity index (χ0n) is 12.6. The van der Waals surface area contributed by atoms with Gasteiger partial charge in [0.15, 0.2) is 0 Å². The molecule has 4 heteroatoms. The van der Waals surface area contributed by atoms with Crippen LogP contribution < -0.4 is 5.73 Å². The molecule has 19 heavy (non-hydrogen) atoms. The molecule has 112 valence electrons. The maximum Gasteiger partial charge on any atom is 0.222 e. The van der Waals surface area contributed by atoms with Gasteiger partial charge >= 0.3 is 0 Å². The summed E-state index contributed by atoms with van der Waals surface area (Å²) in [5.41, 5.74) is 5.45. The fourth-order valence-electron chi connectivity index (χ4n) is 2.56. The van der Waals surface area contributed by atoms with Crippen molar-refractivity contribution in [3.63, 3.8) is 0 Å². The molecule has 0 aliphatic carbocycles. The Morgan fingerprint density at radius 2 is 1.95 bits per heavy atom. The van der Waals surface area contributed by atoms with E-state index in [9.17, 15) is 4.79 Å². The van der Waals surface area contributed by atoms with Crippen molar-refractivity contribution in [1.82, 2.24) is 4.90 Å². The summed E-state index contributed by atoms with van der Waals surface area (Å²) in [6, 6.07) is 0. The van der Waals surface area contributed by atoms with Crippen molar-refractivity contribution in [2.45, 2.75) is 58.5 Å². The van der Waals surface area contributed by atoms with Gasteiger partial charge in [0.1, 0.15) is 0 Å². The van der Waals surface area contributed by atoms with Gasteiger partial charge in [-0.3, -0.25) is 4.79 Å². The standard InChI is InChI=1S/C15H30N2O2/c1-3-13(4-2)12-15(18)17-9-6-14(7-10-17)19-11-5-8-16/h13-14H,3-12,16H2,1-2H3. The summed E-state index contributed by atoms with van der Waals surface area (Å²) in [6.07, 6.45) is 6.10. The largest absolute Gasteiger partial charge is 0.378 e. The van der Waals surface area contributed by atoms with E-state index in [4.69, 9.17) is 10.5 Å². The van der Waals surface area contributed by atoms with Gasteiger partial charge in [0, 0.05) is 26.1 Å². The third-order valence-corrected chi connectivity index (χ3v) is 4.11. The van der Waals surface area contributed by atoms with Gasteiger partial charge in [-0.15, -0.1) is 0 Å². The molecule has 2 N–H and O–H groups in total. The van der Waals surface area contributed by atoms with Gasteiger partial charge in [-0.25, -0.2) is 0 Å². The topological polar surface area (TPSA) is 55.6 Å². The highest BCUT2D eigenvalue weighted by atomic mass is 16.5. The minimum atomic E-state index is 0.323. The normalized spacial score (nSPS) is 17.2. The first-order valence-electron chi connectivity index (χ1n) is 7.80. The number of likely N-dealkylation sites (tertiary alicyclic amines) is 1. The summed E-state index contributed by atoms with van der Waals surface area (Å²) >= 11 is 0. The van der Waals surface area contributed by atoms with E-state index in [0.717, 1.165) is 51.8 Å². The van der Waals surface area contributed by atoms with Crippen LogP contribution in [-0.2, 0) is 9.53 Å². The number of amides is 1. The predicted molar refractivity (Wildman–Crippen MR) is 77.9 cm³/mol. The number of ether oxygens (including phenoxy) is 1. The highest BCUT2D eigenvalue weighted by molar-refractivity contribution is 5.76. The molecule has 0 aromatic heterocycles. The average molecular weight is 270 g/mol. The Hall–Kier alpha value is -0.610. The second-order valence-corrected chi connectivity index (χ2v) is 5.48. The van der Waals surface area contributed by atoms with Gasteiger partial charge in [-0.1, -0.05) is 26.7 Å². The Morgan fingerprint density at radius 1 is 1.32 bits per heavy atom. The van der Waals surface area contributed by atoms with E-state index in [1.165, 1.54) is 0 Å². The second-order valence-electron chi connectivity index (χ2n) is 5.48. The maximum atomic E-state index is 12.2. The Kier molecular flexibility index (Phi) is 8.07. The van der Waals surface area contributed by atoms with E-state index in [2.05, 4.69) is 13.8 Å². The molecule has 0 radical (unpaired) electrons. The molecule has 0 spiro atoms. The predicted octanol–water partition coefficient (Wildman–Crippen LogP) is 2.17. The minimum Gasteiger partial charge on any atom is -0.378 e. The van der Waals surface area contributed by atoms with Crippen molar-refractivity contribution >= 4 is 5.91 Å². The first-order valence-corrected chi connectivity index (χ1v) is 7.80. The van der Waals surface area contributed by atoms with Gasteiger partial charge in [0.25, 0.3) is 0 Å². The fourth-order valence-corrected chi connectivity index (χ4v) is 2.56. The number of carbonyl (C=O) groups excluding carboxylic acids is 1. The van der Waals surface area contributed by atoms with Crippen LogP contribution in [0.1, 0.15) is 52.4 Å². The summed E-state index contributed by atoms with van der Waals surface area (Å²) in [6.45, 7) is 7.48. The molecular weight excluding hydrogens is 240 g/mol. The summed E-state index contributed by atoms with van der Waals surface area (Å²) in [5.74, 6) is 0.875. The lowest BCUT2D eigenvalue weighted by Crippen LogP contribution is -2.41. The van der Waals surface area contributed by atoms with Crippen LogP contribution in [0.5, 0.6) is 0 Å². The Labute approximate surface area is 117 Å². The number of piperidine rings is 1. The molecule has 1 aliphatic heterocycles. The number of nitrogens with zero attached hydrogens (tertiary/aromatic N) is 1. The van der Waals surface area contributed by atoms with E-state index in [1.54, 1.807) is 0 Å². The molecular formula is C15H30N2O2. The Balaban J connectivity index is 2.23. The molecule has 0 unspecified atom stereocenters. The number of hydrogen-bond donors (Lipinski definition) is 1. The third-order valence-electron chi connectivity index (χ3n) is 4.11. The molecule has 1 saturated heterocycles. The molecule has 0 saturated carbocycles. The zero-order valence-corrected chi connectivity index (χ0v) is 12.6. The second kappa shape index (κ2) is 9.32. The van der Waals surface area contributed by atoms with Crippen LogP contribution in [0.3, 0.4) is 0 Å². The van der Waals surface area contributed by atoms with Crippen molar-refractivity contribution in [3.8, 4) is 0 Å². The first kappa shape index (κ1) is 16.4. The van der Waals surface area contributed by atoms with Crippen molar-refractivity contribution in [2.75, 3.05) is 26.2 Å². The molecule has 0 bridgehead atoms. The van der Waals surface area contributed by atoms with Crippen LogP contribution in [-0.4, -0.2) is 43.2 Å². The van der Waals surface area contributed by atoms with Gasteiger partial charge in [-0.05, 0) is 31.7 Å². The summed E-state index contributed by atoms with van der Waals surface area (Å²) < 4.78 is 5.76. The molecule has 0 aromatic rings. The van der Waals surface area contributed by atoms with E-state index in [0.29, 0.717) is 30.9 Å². The van der Waals surface area contributed by atoms with Crippen LogP contribution in [0.25, 0.3) is 0 Å². The number of nitrogens with two attached hydrogens (primary N) is 1. The number of hydrogen-bond acceptors (Lipinski definition) is 3. The van der Waals surface area contributed by atoms with Crippen LogP contribution in [0, 0.1) is 5.92 Å². The highest BCUT2D eigenvalue weighted by Crippen LogP contribution is 2.18. The van der Waals surface area contributed by atoms with Crippen LogP contribution in [0.2, 0.25) is 0 Å². The molecule has 0 aromatic carbocycles. The quantitative estimate of drug-likeness (QED) is 0.688. The lowest BCUT2D eigenvalue weighted by molar-refractivity contribution is -0.134. The lowest BCUT2D eigenvalue weighted by atomic mass is 9.98. The molecule has 1 fully saturated rings. The van der Waals surface area contributed by atoms with Gasteiger partial charge in [0.2, 0.25) is 5.91 Å². The Morgan fingerprint density at radius 3 is 2.47 bits per heavy atom. The van der Waals surface area contributed by atoms with Crippen molar-refractivity contribution in [1.29, 1.82) is 0 Å². The monoisotopic (exact) mass is 270 g/mol. The van der Waals surface area contributed by atoms with Crippen molar-refractivity contribution in [3.05, 3.63) is 0 Å². The molecule has 0 atom stereocenters. The van der Waals surface area contributed by atoms with Crippen LogP contribution in [0.15, 0.2) is 0 Å². The molecule has 1 aliphatic rings. The van der Waals surface area contributed by atoms with Crippen LogP contribution in [0.4, 0.5) is 0 Å². The summed E-state index contributed by atoms with van der Waals surface area (Å²) in [5, 5.41) is 0. The summed E-state index contributed by atoms with van der Waals surface area (Å²) in [4.78, 5) is 14.2. The SMILES string of the molecule is CCC(CC)CC(=O)N1CCC(OCCCN)CC1. The van der Waals surface area contributed by atoms with E-state index in [-0.39, 0.29) is 0 Å². The minimum absolute atomic E-state index is 0.323.